The summed E-state index contributed by atoms with van der Waals surface area (Å²) in [6, 6.07) is 11.0. The monoisotopic (exact) mass is 414 g/mol. The average molecular weight is 414 g/mol. The molecule has 0 fully saturated rings. The predicted molar refractivity (Wildman–Crippen MR) is 89.6 cm³/mol. The van der Waals surface area contributed by atoms with Gasteiger partial charge in [-0.15, -0.1) is 0 Å². The van der Waals surface area contributed by atoms with E-state index >= 15 is 0 Å². The summed E-state index contributed by atoms with van der Waals surface area (Å²) in [6.07, 6.45) is -10.1. The van der Waals surface area contributed by atoms with Crippen LogP contribution in [0.2, 0.25) is 0 Å². The zero-order valence-corrected chi connectivity index (χ0v) is 14.4. The predicted octanol–water partition coefficient (Wildman–Crippen LogP) is 5.31. The Bertz CT molecular complexity index is 977. The molecule has 1 aromatic heterocycles. The van der Waals surface area contributed by atoms with Gasteiger partial charge in [-0.25, -0.2) is 0 Å². The van der Waals surface area contributed by atoms with Crippen LogP contribution in [0.1, 0.15) is 27.2 Å². The molecule has 1 amide bonds. The molecule has 1 N–H and O–H groups in total. The summed E-state index contributed by atoms with van der Waals surface area (Å²) in [6.45, 7) is -0.243. The lowest BCUT2D eigenvalue weighted by molar-refractivity contribution is -0.143. The average Bonchev–Trinajstić information content (AvgIpc) is 3.14. The Morgan fingerprint density at radius 3 is 2.03 bits per heavy atom. The highest BCUT2D eigenvalue weighted by Crippen LogP contribution is 2.36. The fraction of sp³-hybridized carbons (Fsp3) is 0.158. The molecule has 29 heavy (non-hydrogen) atoms. The molecule has 0 aliphatic heterocycles. The number of aromatic nitrogens is 1. The van der Waals surface area contributed by atoms with Crippen molar-refractivity contribution in [3.05, 3.63) is 77.0 Å². The van der Waals surface area contributed by atoms with Crippen molar-refractivity contribution in [3.63, 3.8) is 0 Å². The van der Waals surface area contributed by atoms with Gasteiger partial charge in [0.05, 0.1) is 17.7 Å². The van der Waals surface area contributed by atoms with Crippen LogP contribution in [-0.2, 0) is 18.9 Å². The molecular weight excluding hydrogens is 402 g/mol. The number of alkyl halides is 6. The van der Waals surface area contributed by atoms with Crippen molar-refractivity contribution in [1.29, 1.82) is 0 Å². The van der Waals surface area contributed by atoms with E-state index in [-0.39, 0.29) is 18.3 Å². The molecule has 0 spiro atoms. The lowest BCUT2D eigenvalue weighted by atomic mass is 10.0. The number of benzene rings is 2. The molecule has 0 atom stereocenters. The lowest BCUT2D eigenvalue weighted by Gasteiger charge is -2.14. The third kappa shape index (κ3) is 4.95. The summed E-state index contributed by atoms with van der Waals surface area (Å²) in [5, 5.41) is 5.96. The molecule has 0 aliphatic rings. The molecule has 152 valence electrons. The lowest BCUT2D eigenvalue weighted by Crippen LogP contribution is -2.24. The van der Waals surface area contributed by atoms with Gasteiger partial charge in [0, 0.05) is 17.2 Å². The van der Waals surface area contributed by atoms with Gasteiger partial charge in [0.1, 0.15) is 5.69 Å². The van der Waals surface area contributed by atoms with Crippen molar-refractivity contribution < 1.29 is 35.7 Å². The van der Waals surface area contributed by atoms with E-state index in [1.807, 2.05) is 0 Å². The van der Waals surface area contributed by atoms with E-state index in [2.05, 4.69) is 10.5 Å². The van der Waals surface area contributed by atoms with Crippen LogP contribution in [0.15, 0.2) is 59.1 Å². The van der Waals surface area contributed by atoms with E-state index in [0.717, 1.165) is 0 Å². The van der Waals surface area contributed by atoms with E-state index < -0.39 is 35.0 Å². The molecule has 0 radical (unpaired) electrons. The van der Waals surface area contributed by atoms with E-state index in [1.165, 1.54) is 6.07 Å². The number of hydrogen-bond acceptors (Lipinski definition) is 3. The number of nitrogens with one attached hydrogen (secondary N) is 1. The molecular formula is C19H12F6N2O2. The summed E-state index contributed by atoms with van der Waals surface area (Å²) in [5.41, 5.74) is -2.93. The highest BCUT2D eigenvalue weighted by atomic mass is 19.4. The molecule has 0 saturated heterocycles. The topological polar surface area (TPSA) is 55.1 Å². The minimum atomic E-state index is -5.03. The van der Waals surface area contributed by atoms with Gasteiger partial charge in [-0.1, -0.05) is 35.5 Å². The van der Waals surface area contributed by atoms with Crippen molar-refractivity contribution in [2.45, 2.75) is 18.9 Å². The largest absolute Gasteiger partial charge is 0.416 e. The molecule has 1 heterocycles. The Labute approximate surface area is 160 Å². The number of halogens is 6. The second-order valence-corrected chi connectivity index (χ2v) is 6.03. The molecule has 0 unspecified atom stereocenters. The van der Waals surface area contributed by atoms with Crippen LogP contribution in [0.3, 0.4) is 0 Å². The maximum absolute atomic E-state index is 12.9. The van der Waals surface area contributed by atoms with Gasteiger partial charge >= 0.3 is 12.4 Å². The minimum absolute atomic E-state index is 0.0411. The molecule has 4 nitrogen and oxygen atoms in total. The standard InChI is InChI=1S/C19H12F6N2O2/c20-18(21,22)13-6-12(7-14(8-13)19(23,24)25)17(28)26-10-15-9-16(29-27-15)11-4-2-1-3-5-11/h1-9H,10H2,(H,26,28). The van der Waals surface area contributed by atoms with Gasteiger partial charge in [-0.2, -0.15) is 26.3 Å². The first-order valence-corrected chi connectivity index (χ1v) is 8.13. The smallest absolute Gasteiger partial charge is 0.356 e. The van der Waals surface area contributed by atoms with Gasteiger partial charge in [0.2, 0.25) is 0 Å². The Morgan fingerprint density at radius 1 is 0.897 bits per heavy atom. The number of carbonyl (C=O) groups excluding carboxylic acids is 1. The number of rotatable bonds is 4. The Morgan fingerprint density at radius 2 is 1.48 bits per heavy atom. The molecule has 0 saturated carbocycles. The maximum Gasteiger partial charge on any atom is 0.416 e. The SMILES string of the molecule is O=C(NCc1cc(-c2ccccc2)on1)c1cc(C(F)(F)F)cc(C(F)(F)F)c1. The fourth-order valence-electron chi connectivity index (χ4n) is 2.49. The zero-order chi connectivity index (χ0) is 21.2. The van der Waals surface area contributed by atoms with E-state index in [9.17, 15) is 31.1 Å². The Kier molecular flexibility index (Phi) is 5.36. The highest BCUT2D eigenvalue weighted by molar-refractivity contribution is 5.94. The minimum Gasteiger partial charge on any atom is -0.356 e. The van der Waals surface area contributed by atoms with Crippen molar-refractivity contribution in [1.82, 2.24) is 10.5 Å². The first-order chi connectivity index (χ1) is 13.5. The van der Waals surface area contributed by atoms with Gasteiger partial charge in [-0.05, 0) is 18.2 Å². The summed E-state index contributed by atoms with van der Waals surface area (Å²) in [7, 11) is 0. The Balaban J connectivity index is 1.78. The van der Waals surface area contributed by atoms with Crippen molar-refractivity contribution in [2.24, 2.45) is 0 Å². The zero-order valence-electron chi connectivity index (χ0n) is 14.4. The quantitative estimate of drug-likeness (QED) is 0.589. The molecule has 0 aliphatic carbocycles. The number of amides is 1. The summed E-state index contributed by atoms with van der Waals surface area (Å²) in [5.74, 6) is -0.709. The first-order valence-electron chi connectivity index (χ1n) is 8.13. The summed E-state index contributed by atoms with van der Waals surface area (Å²) >= 11 is 0. The second-order valence-electron chi connectivity index (χ2n) is 6.03. The molecule has 3 aromatic rings. The molecule has 10 heteroatoms. The second kappa shape index (κ2) is 7.61. The third-order valence-electron chi connectivity index (χ3n) is 3.90. The van der Waals surface area contributed by atoms with Gasteiger partial charge in [-0.3, -0.25) is 4.79 Å². The van der Waals surface area contributed by atoms with Crippen LogP contribution in [0.4, 0.5) is 26.3 Å². The maximum atomic E-state index is 12.9. The fourth-order valence-corrected chi connectivity index (χ4v) is 2.49. The van der Waals surface area contributed by atoms with Crippen LogP contribution in [0, 0.1) is 0 Å². The molecule has 3 rings (SSSR count). The van der Waals surface area contributed by atoms with Crippen LogP contribution < -0.4 is 5.32 Å². The van der Waals surface area contributed by atoms with E-state index in [0.29, 0.717) is 23.5 Å². The molecule has 2 aromatic carbocycles. The van der Waals surface area contributed by atoms with Crippen molar-refractivity contribution in [3.8, 4) is 11.3 Å². The van der Waals surface area contributed by atoms with Crippen LogP contribution >= 0.6 is 0 Å². The van der Waals surface area contributed by atoms with E-state index in [1.54, 1.807) is 30.3 Å². The third-order valence-corrected chi connectivity index (χ3v) is 3.90. The van der Waals surface area contributed by atoms with Gasteiger partial charge < -0.3 is 9.84 Å². The van der Waals surface area contributed by atoms with Crippen molar-refractivity contribution in [2.75, 3.05) is 0 Å². The molecule has 0 bridgehead atoms. The van der Waals surface area contributed by atoms with Gasteiger partial charge in [0.15, 0.2) is 5.76 Å². The van der Waals surface area contributed by atoms with Crippen molar-refractivity contribution >= 4 is 5.91 Å². The number of hydrogen-bond donors (Lipinski definition) is 1. The Hall–Kier alpha value is -3.30. The highest BCUT2D eigenvalue weighted by Gasteiger charge is 2.37. The summed E-state index contributed by atoms with van der Waals surface area (Å²) < 4.78 is 82.5. The summed E-state index contributed by atoms with van der Waals surface area (Å²) in [4.78, 5) is 12.1. The van der Waals surface area contributed by atoms with Crippen LogP contribution in [-0.4, -0.2) is 11.1 Å². The number of carbonyl (C=O) groups is 1. The number of nitrogens with zero attached hydrogens (tertiary/aromatic N) is 1. The van der Waals surface area contributed by atoms with Crippen LogP contribution in [0.25, 0.3) is 11.3 Å². The van der Waals surface area contributed by atoms with Gasteiger partial charge in [0.25, 0.3) is 5.91 Å². The normalized spacial score (nSPS) is 12.1. The first kappa shape index (κ1) is 20.4. The van der Waals surface area contributed by atoms with E-state index in [4.69, 9.17) is 4.52 Å². The van der Waals surface area contributed by atoms with Crippen LogP contribution in [0.5, 0.6) is 0 Å².